The minimum Gasteiger partial charge on any atom is -0.451 e. The van der Waals surface area contributed by atoms with Gasteiger partial charge in [-0.05, 0) is 37.1 Å². The van der Waals surface area contributed by atoms with Crippen LogP contribution in [0.25, 0.3) is 11.0 Å². The Bertz CT molecular complexity index is 838. The molecular formula is C14H10BrN3O2S. The van der Waals surface area contributed by atoms with Crippen molar-refractivity contribution in [2.75, 3.05) is 5.32 Å². The fourth-order valence-electron chi connectivity index (χ4n) is 2.07. The van der Waals surface area contributed by atoms with E-state index in [-0.39, 0.29) is 11.7 Å². The molecule has 1 amide bonds. The van der Waals surface area contributed by atoms with Crippen molar-refractivity contribution in [1.29, 1.82) is 0 Å². The van der Waals surface area contributed by atoms with Crippen molar-refractivity contribution >= 4 is 49.3 Å². The number of rotatable bonds is 3. The van der Waals surface area contributed by atoms with Crippen LogP contribution in [0.15, 0.2) is 33.2 Å². The molecule has 1 fully saturated rings. The molecule has 2 heterocycles. The van der Waals surface area contributed by atoms with Gasteiger partial charge in [0.2, 0.25) is 5.13 Å². The Kier molecular flexibility index (Phi) is 3.04. The maximum absolute atomic E-state index is 12.2. The van der Waals surface area contributed by atoms with E-state index >= 15 is 0 Å². The number of carbonyl (C=O) groups is 1. The summed E-state index contributed by atoms with van der Waals surface area (Å²) in [7, 11) is 0. The number of anilines is 1. The first-order valence-electron chi connectivity index (χ1n) is 6.53. The lowest BCUT2D eigenvalue weighted by Gasteiger charge is -1.95. The average Bonchev–Trinajstić information content (AvgIpc) is 3.06. The van der Waals surface area contributed by atoms with Gasteiger partial charge >= 0.3 is 0 Å². The largest absolute Gasteiger partial charge is 0.451 e. The molecule has 7 heteroatoms. The summed E-state index contributed by atoms with van der Waals surface area (Å²) in [6, 6.07) is 7.33. The standard InChI is InChI=1S/C14H10BrN3O2S/c15-9-3-4-10-8(5-9)6-11(20-10)12(19)16-14-18-17-13(21-14)7-1-2-7/h3-7H,1-2H2,(H,16,18,19). The van der Waals surface area contributed by atoms with Crippen molar-refractivity contribution in [3.63, 3.8) is 0 Å². The Labute approximate surface area is 132 Å². The van der Waals surface area contributed by atoms with Crippen LogP contribution in [-0.2, 0) is 0 Å². The Morgan fingerprint density at radius 1 is 1.33 bits per heavy atom. The van der Waals surface area contributed by atoms with Gasteiger partial charge < -0.3 is 4.42 Å². The van der Waals surface area contributed by atoms with Gasteiger partial charge in [-0.25, -0.2) is 0 Å². The highest BCUT2D eigenvalue weighted by molar-refractivity contribution is 9.10. The zero-order chi connectivity index (χ0) is 14.4. The van der Waals surface area contributed by atoms with Crippen molar-refractivity contribution < 1.29 is 9.21 Å². The quantitative estimate of drug-likeness (QED) is 0.757. The zero-order valence-electron chi connectivity index (χ0n) is 10.8. The van der Waals surface area contributed by atoms with Gasteiger partial charge in [0.15, 0.2) is 5.76 Å². The first kappa shape index (κ1) is 13.0. The molecule has 3 aromatic rings. The number of aromatic nitrogens is 2. The molecule has 0 aliphatic heterocycles. The number of furan rings is 1. The van der Waals surface area contributed by atoms with E-state index in [0.29, 0.717) is 16.6 Å². The molecule has 106 valence electrons. The highest BCUT2D eigenvalue weighted by Crippen LogP contribution is 2.42. The van der Waals surface area contributed by atoms with Crippen LogP contribution < -0.4 is 5.32 Å². The number of fused-ring (bicyclic) bond motifs is 1. The molecular weight excluding hydrogens is 354 g/mol. The molecule has 0 saturated heterocycles. The maximum Gasteiger partial charge on any atom is 0.293 e. The van der Waals surface area contributed by atoms with Crippen molar-refractivity contribution in [2.45, 2.75) is 18.8 Å². The number of amides is 1. The van der Waals surface area contributed by atoms with E-state index in [4.69, 9.17) is 4.42 Å². The van der Waals surface area contributed by atoms with Crippen molar-refractivity contribution in [2.24, 2.45) is 0 Å². The van der Waals surface area contributed by atoms with Crippen LogP contribution in [0.1, 0.15) is 34.3 Å². The lowest BCUT2D eigenvalue weighted by atomic mass is 10.2. The summed E-state index contributed by atoms with van der Waals surface area (Å²) in [6.45, 7) is 0. The number of carbonyl (C=O) groups excluding carboxylic acids is 1. The summed E-state index contributed by atoms with van der Waals surface area (Å²) in [5.74, 6) is 0.504. The van der Waals surface area contributed by atoms with E-state index in [1.165, 1.54) is 24.2 Å². The molecule has 4 rings (SSSR count). The smallest absolute Gasteiger partial charge is 0.293 e. The van der Waals surface area contributed by atoms with Crippen molar-refractivity contribution in [3.8, 4) is 0 Å². The normalized spacial score (nSPS) is 14.5. The van der Waals surface area contributed by atoms with Crippen LogP contribution in [-0.4, -0.2) is 16.1 Å². The van der Waals surface area contributed by atoms with E-state index in [2.05, 4.69) is 31.4 Å². The van der Waals surface area contributed by atoms with Crippen molar-refractivity contribution in [3.05, 3.63) is 39.5 Å². The van der Waals surface area contributed by atoms with Gasteiger partial charge in [-0.1, -0.05) is 27.3 Å². The predicted octanol–water partition coefficient (Wildman–Crippen LogP) is 4.18. The van der Waals surface area contributed by atoms with Gasteiger partial charge in [-0.15, -0.1) is 10.2 Å². The van der Waals surface area contributed by atoms with E-state index < -0.39 is 0 Å². The van der Waals surface area contributed by atoms with Crippen LogP contribution >= 0.6 is 27.3 Å². The van der Waals surface area contributed by atoms with Gasteiger partial charge in [0.1, 0.15) is 10.6 Å². The number of nitrogens with one attached hydrogen (secondary N) is 1. The summed E-state index contributed by atoms with van der Waals surface area (Å²) in [5, 5.41) is 13.2. The third kappa shape index (κ3) is 2.58. The van der Waals surface area contributed by atoms with Gasteiger partial charge in [-0.3, -0.25) is 10.1 Å². The van der Waals surface area contributed by atoms with Crippen LogP contribution in [0, 0.1) is 0 Å². The number of halogens is 1. The number of nitrogens with zero attached hydrogens (tertiary/aromatic N) is 2. The molecule has 1 N–H and O–H groups in total. The predicted molar refractivity (Wildman–Crippen MR) is 83.8 cm³/mol. The molecule has 0 radical (unpaired) electrons. The molecule has 0 unspecified atom stereocenters. The second-order valence-corrected chi connectivity index (χ2v) is 6.89. The minimum absolute atomic E-state index is 0.270. The molecule has 21 heavy (non-hydrogen) atoms. The monoisotopic (exact) mass is 363 g/mol. The van der Waals surface area contributed by atoms with Crippen LogP contribution in [0.2, 0.25) is 0 Å². The summed E-state index contributed by atoms with van der Waals surface area (Å²) < 4.78 is 6.49. The Hall–Kier alpha value is -1.73. The fraction of sp³-hybridized carbons (Fsp3) is 0.214. The molecule has 1 aliphatic rings. The molecule has 1 saturated carbocycles. The molecule has 0 atom stereocenters. The van der Waals surface area contributed by atoms with E-state index in [1.807, 2.05) is 18.2 Å². The minimum atomic E-state index is -0.305. The number of hydrogen-bond acceptors (Lipinski definition) is 5. The molecule has 0 bridgehead atoms. The van der Waals surface area contributed by atoms with Gasteiger partial charge in [0, 0.05) is 15.8 Å². The summed E-state index contributed by atoms with van der Waals surface area (Å²) in [5.41, 5.74) is 0.680. The Morgan fingerprint density at radius 3 is 3.00 bits per heavy atom. The molecule has 2 aromatic heterocycles. The van der Waals surface area contributed by atoms with E-state index in [0.717, 1.165) is 14.9 Å². The second-order valence-electron chi connectivity index (χ2n) is 4.97. The zero-order valence-corrected chi connectivity index (χ0v) is 13.2. The Balaban J connectivity index is 1.57. The van der Waals surface area contributed by atoms with Gasteiger partial charge in [0.25, 0.3) is 5.91 Å². The lowest BCUT2D eigenvalue weighted by molar-refractivity contribution is 0.0998. The number of benzene rings is 1. The van der Waals surface area contributed by atoms with Crippen LogP contribution in [0.3, 0.4) is 0 Å². The first-order valence-corrected chi connectivity index (χ1v) is 8.14. The van der Waals surface area contributed by atoms with Crippen LogP contribution in [0.5, 0.6) is 0 Å². The summed E-state index contributed by atoms with van der Waals surface area (Å²) in [4.78, 5) is 12.2. The second kappa shape index (κ2) is 4.92. The summed E-state index contributed by atoms with van der Waals surface area (Å²) >= 11 is 4.83. The average molecular weight is 364 g/mol. The van der Waals surface area contributed by atoms with Gasteiger partial charge in [-0.2, -0.15) is 0 Å². The van der Waals surface area contributed by atoms with Gasteiger partial charge in [0.05, 0.1) is 0 Å². The fourth-order valence-corrected chi connectivity index (χ4v) is 3.35. The highest BCUT2D eigenvalue weighted by atomic mass is 79.9. The topological polar surface area (TPSA) is 68.0 Å². The molecule has 0 spiro atoms. The van der Waals surface area contributed by atoms with E-state index in [1.54, 1.807) is 6.07 Å². The Morgan fingerprint density at radius 2 is 2.19 bits per heavy atom. The van der Waals surface area contributed by atoms with Crippen molar-refractivity contribution in [1.82, 2.24) is 10.2 Å². The maximum atomic E-state index is 12.2. The molecule has 5 nitrogen and oxygen atoms in total. The molecule has 1 aromatic carbocycles. The number of hydrogen-bond donors (Lipinski definition) is 1. The lowest BCUT2D eigenvalue weighted by Crippen LogP contribution is -2.10. The summed E-state index contributed by atoms with van der Waals surface area (Å²) in [6.07, 6.45) is 2.34. The highest BCUT2D eigenvalue weighted by Gasteiger charge is 2.28. The SMILES string of the molecule is O=C(Nc1nnc(C2CC2)s1)c1cc2cc(Br)ccc2o1. The van der Waals surface area contributed by atoms with Crippen LogP contribution in [0.4, 0.5) is 5.13 Å². The van der Waals surface area contributed by atoms with E-state index in [9.17, 15) is 4.79 Å². The third-order valence-electron chi connectivity index (χ3n) is 3.29. The first-order chi connectivity index (χ1) is 10.2. The third-order valence-corrected chi connectivity index (χ3v) is 4.78. The molecule has 1 aliphatic carbocycles.